The molecule has 9 nitrogen and oxygen atoms in total. The summed E-state index contributed by atoms with van der Waals surface area (Å²) in [7, 11) is 0. The van der Waals surface area contributed by atoms with Crippen LogP contribution >= 0.6 is 0 Å². The number of aromatic nitrogens is 2. The van der Waals surface area contributed by atoms with Gasteiger partial charge in [0.2, 0.25) is 0 Å². The molecule has 1 aliphatic heterocycles. The van der Waals surface area contributed by atoms with Crippen LogP contribution in [0.3, 0.4) is 0 Å². The molecule has 0 radical (unpaired) electrons. The van der Waals surface area contributed by atoms with Crippen LogP contribution < -0.4 is 10.2 Å². The van der Waals surface area contributed by atoms with E-state index in [-0.39, 0.29) is 5.92 Å². The van der Waals surface area contributed by atoms with E-state index >= 15 is 0 Å². The fraction of sp³-hybridized carbons (Fsp3) is 0.296. The number of carbonyl (C=O) groups excluding carboxylic acids is 2. The Kier molecular flexibility index (Phi) is 7.31. The van der Waals surface area contributed by atoms with E-state index in [0.717, 1.165) is 22.8 Å². The van der Waals surface area contributed by atoms with Gasteiger partial charge in [-0.05, 0) is 56.5 Å². The van der Waals surface area contributed by atoms with Gasteiger partial charge in [-0.2, -0.15) is 10.5 Å². The lowest BCUT2D eigenvalue weighted by molar-refractivity contribution is -0.152. The van der Waals surface area contributed by atoms with Crippen molar-refractivity contribution in [2.24, 2.45) is 5.92 Å². The first-order chi connectivity index (χ1) is 17.4. The summed E-state index contributed by atoms with van der Waals surface area (Å²) in [5.74, 6) is -0.0964. The van der Waals surface area contributed by atoms with Gasteiger partial charge < -0.3 is 15.0 Å². The normalized spacial score (nSPS) is 13.5. The van der Waals surface area contributed by atoms with Crippen LogP contribution in [0.2, 0.25) is 0 Å². The number of nitrogens with zero attached hydrogens (tertiary/aromatic N) is 5. The quantitative estimate of drug-likeness (QED) is 0.532. The van der Waals surface area contributed by atoms with Crippen molar-refractivity contribution in [1.29, 1.82) is 10.5 Å². The van der Waals surface area contributed by atoms with Gasteiger partial charge in [0.05, 0.1) is 17.0 Å². The second kappa shape index (κ2) is 10.7. The van der Waals surface area contributed by atoms with Gasteiger partial charge in [-0.1, -0.05) is 18.2 Å². The molecule has 0 atom stereocenters. The van der Waals surface area contributed by atoms with Crippen molar-refractivity contribution < 1.29 is 14.3 Å². The molecule has 0 spiro atoms. The predicted octanol–water partition coefficient (Wildman–Crippen LogP) is 3.63. The number of piperidine rings is 1. The van der Waals surface area contributed by atoms with E-state index in [4.69, 9.17) is 10.00 Å². The van der Waals surface area contributed by atoms with Gasteiger partial charge in [-0.25, -0.2) is 4.98 Å². The molecule has 0 unspecified atom stereocenters. The first-order valence-electron chi connectivity index (χ1n) is 11.7. The molecular weight excluding hydrogens is 456 g/mol. The summed E-state index contributed by atoms with van der Waals surface area (Å²) in [5, 5.41) is 21.4. The van der Waals surface area contributed by atoms with Crippen LogP contribution in [-0.2, 0) is 14.3 Å². The minimum atomic E-state index is -0.506. The van der Waals surface area contributed by atoms with Crippen LogP contribution in [0.15, 0.2) is 48.7 Å². The molecular formula is C27H26N6O3. The fourth-order valence-corrected chi connectivity index (χ4v) is 4.37. The average Bonchev–Trinajstić information content (AvgIpc) is 3.16. The number of nitrogens with one attached hydrogen (secondary N) is 1. The predicted molar refractivity (Wildman–Crippen MR) is 133 cm³/mol. The van der Waals surface area contributed by atoms with Crippen molar-refractivity contribution in [1.82, 2.24) is 9.55 Å². The lowest BCUT2D eigenvalue weighted by atomic mass is 9.97. The summed E-state index contributed by atoms with van der Waals surface area (Å²) in [6.45, 7) is 4.54. The maximum atomic E-state index is 12.7. The zero-order chi connectivity index (χ0) is 25.7. The van der Waals surface area contributed by atoms with E-state index in [2.05, 4.69) is 21.3 Å². The number of benzene rings is 1. The number of rotatable bonds is 6. The Balaban J connectivity index is 1.35. The zero-order valence-electron chi connectivity index (χ0n) is 20.2. The molecule has 4 rings (SSSR count). The van der Waals surface area contributed by atoms with Gasteiger partial charge in [0, 0.05) is 30.7 Å². The van der Waals surface area contributed by atoms with Gasteiger partial charge in [0.1, 0.15) is 23.8 Å². The van der Waals surface area contributed by atoms with Gasteiger partial charge >= 0.3 is 5.97 Å². The number of carbonyl (C=O) groups is 2. The number of hydrogen-bond acceptors (Lipinski definition) is 7. The molecule has 9 heteroatoms. The van der Waals surface area contributed by atoms with Crippen molar-refractivity contribution in [3.05, 3.63) is 71.0 Å². The molecule has 1 aliphatic rings. The summed E-state index contributed by atoms with van der Waals surface area (Å²) in [4.78, 5) is 31.7. The van der Waals surface area contributed by atoms with Crippen LogP contribution in [0, 0.1) is 42.4 Å². The molecule has 3 aromatic rings. The molecule has 3 heterocycles. The van der Waals surface area contributed by atoms with Gasteiger partial charge in [0.15, 0.2) is 6.61 Å². The highest BCUT2D eigenvalue weighted by Gasteiger charge is 2.28. The van der Waals surface area contributed by atoms with Crippen LogP contribution in [0.1, 0.15) is 35.2 Å². The van der Waals surface area contributed by atoms with E-state index in [0.29, 0.717) is 42.9 Å². The van der Waals surface area contributed by atoms with Crippen molar-refractivity contribution in [3.63, 3.8) is 0 Å². The second-order valence-corrected chi connectivity index (χ2v) is 8.65. The number of para-hydroxylation sites is 1. The molecule has 182 valence electrons. The molecule has 1 saturated heterocycles. The molecule has 1 aromatic carbocycles. The lowest BCUT2D eigenvalue weighted by Gasteiger charge is -2.31. The summed E-state index contributed by atoms with van der Waals surface area (Å²) >= 11 is 0. The Bertz CT molecular complexity index is 1340. The van der Waals surface area contributed by atoms with E-state index in [1.54, 1.807) is 12.1 Å². The van der Waals surface area contributed by atoms with Crippen LogP contribution in [0.25, 0.3) is 5.69 Å². The third-order valence-electron chi connectivity index (χ3n) is 6.47. The maximum absolute atomic E-state index is 12.7. The molecule has 1 amide bonds. The van der Waals surface area contributed by atoms with Crippen molar-refractivity contribution in [3.8, 4) is 17.8 Å². The number of hydrogen-bond donors (Lipinski definition) is 1. The minimum absolute atomic E-state index is 0.306. The number of ether oxygens (including phenoxy) is 1. The number of anilines is 2. The monoisotopic (exact) mass is 482 g/mol. The number of pyridine rings is 1. The van der Waals surface area contributed by atoms with Crippen molar-refractivity contribution in [2.45, 2.75) is 26.7 Å². The summed E-state index contributed by atoms with van der Waals surface area (Å²) in [6.07, 6.45) is 2.69. The molecule has 36 heavy (non-hydrogen) atoms. The summed E-state index contributed by atoms with van der Waals surface area (Å²) in [5.41, 5.74) is 3.31. The average molecular weight is 483 g/mol. The number of esters is 1. The van der Waals surface area contributed by atoms with Gasteiger partial charge in [0.25, 0.3) is 5.91 Å². The van der Waals surface area contributed by atoms with Gasteiger partial charge in [-0.15, -0.1) is 0 Å². The Morgan fingerprint density at radius 2 is 1.81 bits per heavy atom. The number of amides is 1. The van der Waals surface area contributed by atoms with E-state index in [1.807, 2.05) is 54.8 Å². The lowest BCUT2D eigenvalue weighted by Crippen LogP contribution is -2.38. The number of nitriles is 2. The summed E-state index contributed by atoms with van der Waals surface area (Å²) in [6, 6.07) is 17.2. The van der Waals surface area contributed by atoms with Crippen LogP contribution in [0.5, 0.6) is 0 Å². The molecule has 0 bridgehead atoms. The van der Waals surface area contributed by atoms with Crippen molar-refractivity contribution >= 4 is 23.5 Å². The molecule has 1 N–H and O–H groups in total. The van der Waals surface area contributed by atoms with E-state index in [1.165, 1.54) is 6.20 Å². The fourth-order valence-electron chi connectivity index (χ4n) is 4.37. The molecule has 1 fully saturated rings. The smallest absolute Gasteiger partial charge is 0.309 e. The van der Waals surface area contributed by atoms with E-state index in [9.17, 15) is 14.9 Å². The maximum Gasteiger partial charge on any atom is 0.309 e. The van der Waals surface area contributed by atoms with E-state index < -0.39 is 18.5 Å². The Morgan fingerprint density at radius 1 is 1.08 bits per heavy atom. The Labute approximate surface area is 209 Å². The Hall–Kier alpha value is -4.63. The third kappa shape index (κ3) is 5.06. The van der Waals surface area contributed by atoms with Crippen molar-refractivity contribution in [2.75, 3.05) is 29.9 Å². The topological polar surface area (TPSA) is 124 Å². The third-order valence-corrected chi connectivity index (χ3v) is 6.47. The minimum Gasteiger partial charge on any atom is -0.455 e. The Morgan fingerprint density at radius 3 is 2.42 bits per heavy atom. The van der Waals surface area contributed by atoms with Crippen LogP contribution in [0.4, 0.5) is 11.6 Å². The van der Waals surface area contributed by atoms with Gasteiger partial charge in [-0.3, -0.25) is 14.2 Å². The first-order valence-corrected chi connectivity index (χ1v) is 11.7. The standard InChI is InChI=1S/C27H26N6O3/c1-18-19(2)33(22-6-4-3-5-7-22)26(23(18)15-29)31-25(34)17-36-27(35)21-10-12-32(13-11-21)24-9-8-20(14-28)16-30-24/h3-9,16,21H,10-13,17H2,1-2H3,(H,31,34). The zero-order valence-corrected chi connectivity index (χ0v) is 20.2. The highest BCUT2D eigenvalue weighted by molar-refractivity contribution is 5.94. The first kappa shape index (κ1) is 24.5. The SMILES string of the molecule is Cc1c(C#N)c(NC(=O)COC(=O)C2CCN(c3ccc(C#N)cn3)CC2)n(-c2ccccc2)c1C. The summed E-state index contributed by atoms with van der Waals surface area (Å²) < 4.78 is 7.15. The molecule has 0 saturated carbocycles. The van der Waals surface area contributed by atoms with Crippen LogP contribution in [-0.4, -0.2) is 41.1 Å². The molecule has 0 aliphatic carbocycles. The largest absolute Gasteiger partial charge is 0.455 e. The molecule has 2 aromatic heterocycles. The highest BCUT2D eigenvalue weighted by Crippen LogP contribution is 2.30. The highest BCUT2D eigenvalue weighted by atomic mass is 16.5. The second-order valence-electron chi connectivity index (χ2n) is 8.65.